The number of para-hydroxylation sites is 1. The summed E-state index contributed by atoms with van der Waals surface area (Å²) in [5, 5.41) is 7.31. The maximum atomic E-state index is 12.9. The number of hydrogen-bond acceptors (Lipinski definition) is 5. The van der Waals surface area contributed by atoms with E-state index in [1.807, 2.05) is 38.2 Å². The molecule has 29 heavy (non-hydrogen) atoms. The summed E-state index contributed by atoms with van der Waals surface area (Å²) >= 11 is 0. The van der Waals surface area contributed by atoms with Crippen LogP contribution in [0.25, 0.3) is 0 Å². The molecule has 2 aromatic rings. The smallest absolute Gasteiger partial charge is 0.225 e. The highest BCUT2D eigenvalue weighted by molar-refractivity contribution is 5.79. The van der Waals surface area contributed by atoms with E-state index in [4.69, 9.17) is 4.74 Å². The van der Waals surface area contributed by atoms with Gasteiger partial charge in [-0.2, -0.15) is 5.10 Å². The van der Waals surface area contributed by atoms with Gasteiger partial charge in [-0.1, -0.05) is 25.1 Å². The van der Waals surface area contributed by atoms with Crippen molar-refractivity contribution in [3.8, 4) is 5.75 Å². The monoisotopic (exact) mass is 397 g/mol. The van der Waals surface area contributed by atoms with Gasteiger partial charge in [0.15, 0.2) is 0 Å². The van der Waals surface area contributed by atoms with E-state index >= 15 is 0 Å². The number of benzene rings is 1. The molecule has 8 heteroatoms. The van der Waals surface area contributed by atoms with Gasteiger partial charge in [0.1, 0.15) is 24.0 Å². The van der Waals surface area contributed by atoms with E-state index in [2.05, 4.69) is 15.4 Å². The molecule has 8 nitrogen and oxygen atoms in total. The number of likely N-dealkylation sites (tertiary alicyclic amines) is 1. The maximum Gasteiger partial charge on any atom is 0.225 e. The van der Waals surface area contributed by atoms with Gasteiger partial charge < -0.3 is 15.0 Å². The van der Waals surface area contributed by atoms with Crippen molar-refractivity contribution in [3.63, 3.8) is 0 Å². The van der Waals surface area contributed by atoms with Crippen molar-refractivity contribution < 1.29 is 14.3 Å². The topological polar surface area (TPSA) is 89.3 Å². The Balaban J connectivity index is 1.53. The van der Waals surface area contributed by atoms with Gasteiger partial charge in [0.25, 0.3) is 0 Å². The first-order valence-electron chi connectivity index (χ1n) is 10.1. The predicted molar refractivity (Wildman–Crippen MR) is 106 cm³/mol. The van der Waals surface area contributed by atoms with Crippen LogP contribution in [0.5, 0.6) is 5.75 Å². The Labute approximate surface area is 170 Å². The molecular formula is C21H27N5O3. The van der Waals surface area contributed by atoms with Crippen LogP contribution in [0.2, 0.25) is 0 Å². The molecule has 0 bridgehead atoms. The van der Waals surface area contributed by atoms with E-state index in [-0.39, 0.29) is 23.8 Å². The van der Waals surface area contributed by atoms with E-state index in [0.717, 1.165) is 17.7 Å². The summed E-state index contributed by atoms with van der Waals surface area (Å²) in [4.78, 5) is 30.8. The van der Waals surface area contributed by atoms with Crippen LogP contribution in [-0.4, -0.2) is 50.7 Å². The van der Waals surface area contributed by atoms with Crippen LogP contribution in [-0.2, 0) is 16.1 Å². The van der Waals surface area contributed by atoms with Gasteiger partial charge in [-0.3, -0.25) is 14.3 Å². The number of nitrogens with zero attached hydrogens (tertiary/aromatic N) is 4. The molecule has 3 atom stereocenters. The second-order valence-corrected chi connectivity index (χ2v) is 8.17. The lowest BCUT2D eigenvalue weighted by Gasteiger charge is -2.42. The first-order chi connectivity index (χ1) is 14.0. The number of hydrogen-bond donors (Lipinski definition) is 1. The van der Waals surface area contributed by atoms with Crippen molar-refractivity contribution >= 4 is 11.8 Å². The summed E-state index contributed by atoms with van der Waals surface area (Å²) in [7, 11) is 1.84. The molecule has 0 aliphatic carbocycles. The summed E-state index contributed by atoms with van der Waals surface area (Å²) < 4.78 is 8.11. The Morgan fingerprint density at radius 1 is 1.38 bits per heavy atom. The normalized spacial score (nSPS) is 25.1. The lowest BCUT2D eigenvalue weighted by molar-refractivity contribution is -0.129. The van der Waals surface area contributed by atoms with E-state index in [1.54, 1.807) is 15.9 Å². The predicted octanol–water partition coefficient (Wildman–Crippen LogP) is 1.94. The molecule has 2 aliphatic rings. The quantitative estimate of drug-likeness (QED) is 0.852. The van der Waals surface area contributed by atoms with Crippen LogP contribution in [0, 0.1) is 5.92 Å². The lowest BCUT2D eigenvalue weighted by atomic mass is 9.82. The van der Waals surface area contributed by atoms with Gasteiger partial charge in [0.2, 0.25) is 11.8 Å². The largest absolute Gasteiger partial charge is 0.487 e. The number of fused-ring (bicyclic) bond motifs is 1. The van der Waals surface area contributed by atoms with Crippen molar-refractivity contribution in [1.29, 1.82) is 0 Å². The fraction of sp³-hybridized carbons (Fsp3) is 0.524. The van der Waals surface area contributed by atoms with E-state index in [0.29, 0.717) is 32.4 Å². The third-order valence-corrected chi connectivity index (χ3v) is 6.01. The van der Waals surface area contributed by atoms with Crippen LogP contribution < -0.4 is 10.1 Å². The third kappa shape index (κ3) is 4.11. The number of ether oxygens (including phenoxy) is 1. The second-order valence-electron chi connectivity index (χ2n) is 8.17. The Hall–Kier alpha value is -2.90. The number of amides is 2. The summed E-state index contributed by atoms with van der Waals surface area (Å²) in [6, 6.07) is 7.71. The van der Waals surface area contributed by atoms with E-state index < -0.39 is 5.60 Å². The maximum absolute atomic E-state index is 12.9. The molecule has 2 aliphatic heterocycles. The van der Waals surface area contributed by atoms with Gasteiger partial charge in [0, 0.05) is 38.4 Å². The minimum Gasteiger partial charge on any atom is -0.487 e. The molecule has 1 spiro atoms. The van der Waals surface area contributed by atoms with E-state index in [1.165, 1.54) is 6.33 Å². The summed E-state index contributed by atoms with van der Waals surface area (Å²) in [5.74, 6) is 0.667. The molecular weight excluding hydrogens is 370 g/mol. The Morgan fingerprint density at radius 3 is 3.00 bits per heavy atom. The van der Waals surface area contributed by atoms with Gasteiger partial charge in [-0.25, -0.2) is 4.98 Å². The average Bonchev–Trinajstić information content (AvgIpc) is 3.19. The van der Waals surface area contributed by atoms with Crippen molar-refractivity contribution in [2.45, 2.75) is 50.8 Å². The molecule has 2 amide bonds. The molecule has 0 radical (unpaired) electrons. The van der Waals surface area contributed by atoms with Crippen LogP contribution in [0.15, 0.2) is 36.9 Å². The number of aromatic nitrogens is 3. The first kappa shape index (κ1) is 19.4. The van der Waals surface area contributed by atoms with Crippen molar-refractivity contribution in [3.05, 3.63) is 42.5 Å². The van der Waals surface area contributed by atoms with Crippen LogP contribution in [0.4, 0.5) is 0 Å². The highest BCUT2D eigenvalue weighted by atomic mass is 16.5. The summed E-state index contributed by atoms with van der Waals surface area (Å²) in [6.45, 7) is 3.02. The van der Waals surface area contributed by atoms with Crippen LogP contribution >= 0.6 is 0 Å². The molecule has 3 heterocycles. The third-order valence-electron chi connectivity index (χ3n) is 6.01. The van der Waals surface area contributed by atoms with Crippen LogP contribution in [0.1, 0.15) is 44.2 Å². The molecule has 154 valence electrons. The Bertz CT molecular complexity index is 884. The molecule has 4 rings (SSSR count). The highest BCUT2D eigenvalue weighted by Gasteiger charge is 2.43. The molecule has 1 saturated heterocycles. The Kier molecular flexibility index (Phi) is 5.25. The zero-order valence-corrected chi connectivity index (χ0v) is 16.9. The molecule has 1 aromatic carbocycles. The lowest BCUT2D eigenvalue weighted by Crippen LogP contribution is -2.46. The SMILES string of the molecule is CC(Cn1cncn1)C(=O)NC1CC2(CCC(=O)N(C)CC2)Oc2ccccc21. The zero-order chi connectivity index (χ0) is 20.4. The minimum atomic E-state index is -0.443. The van der Waals surface area contributed by atoms with Gasteiger partial charge in [0.05, 0.1) is 18.5 Å². The number of nitrogens with one attached hydrogen (secondary N) is 1. The minimum absolute atomic E-state index is 0.0285. The van der Waals surface area contributed by atoms with Crippen LogP contribution in [0.3, 0.4) is 0 Å². The van der Waals surface area contributed by atoms with Gasteiger partial charge in [-0.15, -0.1) is 0 Å². The standard InChI is InChI=1S/C21H27N5O3/c1-15(12-26-14-22-13-23-26)20(28)24-17-11-21(8-7-19(27)25(2)10-9-21)29-18-6-4-3-5-16(17)18/h3-6,13-15,17H,7-12H2,1-2H3,(H,24,28). The fourth-order valence-electron chi connectivity index (χ4n) is 4.20. The molecule has 1 fully saturated rings. The fourth-order valence-corrected chi connectivity index (χ4v) is 4.20. The highest BCUT2D eigenvalue weighted by Crippen LogP contribution is 2.44. The summed E-state index contributed by atoms with van der Waals surface area (Å²) in [6.07, 6.45) is 5.61. The van der Waals surface area contributed by atoms with Gasteiger partial charge in [-0.05, 0) is 12.5 Å². The number of carbonyl (C=O) groups excluding carboxylic acids is 2. The van der Waals surface area contributed by atoms with E-state index in [9.17, 15) is 9.59 Å². The van der Waals surface area contributed by atoms with Gasteiger partial charge >= 0.3 is 0 Å². The zero-order valence-electron chi connectivity index (χ0n) is 16.9. The first-order valence-corrected chi connectivity index (χ1v) is 10.1. The Morgan fingerprint density at radius 2 is 2.21 bits per heavy atom. The molecule has 3 unspecified atom stereocenters. The number of carbonyl (C=O) groups is 2. The second kappa shape index (κ2) is 7.85. The number of rotatable bonds is 4. The average molecular weight is 397 g/mol. The summed E-state index contributed by atoms with van der Waals surface area (Å²) in [5.41, 5.74) is 0.547. The van der Waals surface area contributed by atoms with Crippen molar-refractivity contribution in [1.82, 2.24) is 25.0 Å². The molecule has 0 saturated carbocycles. The van der Waals surface area contributed by atoms with Crippen molar-refractivity contribution in [2.75, 3.05) is 13.6 Å². The molecule has 1 aromatic heterocycles. The van der Waals surface area contributed by atoms with Crippen molar-refractivity contribution in [2.24, 2.45) is 5.92 Å². The molecule has 1 N–H and O–H groups in total.